The van der Waals surface area contributed by atoms with Crippen molar-refractivity contribution in [1.82, 2.24) is 10.1 Å². The Morgan fingerprint density at radius 2 is 1.72 bits per heavy atom. The van der Waals surface area contributed by atoms with Gasteiger partial charge in [-0.2, -0.15) is 0 Å². The molecule has 0 fully saturated rings. The van der Waals surface area contributed by atoms with Crippen LogP contribution < -0.4 is 5.73 Å². The summed E-state index contributed by atoms with van der Waals surface area (Å²) in [5, 5.41) is 3.83. The molecule has 3 rings (SSSR count). The Balaban J connectivity index is 2.19. The van der Waals surface area contributed by atoms with Crippen molar-refractivity contribution in [2.75, 3.05) is 5.73 Å². The molecule has 3 aromatic rings. The van der Waals surface area contributed by atoms with E-state index in [1.54, 1.807) is 6.20 Å². The zero-order chi connectivity index (χ0) is 12.4. The van der Waals surface area contributed by atoms with Crippen LogP contribution in [0.2, 0.25) is 0 Å². The van der Waals surface area contributed by atoms with Crippen molar-refractivity contribution in [3.63, 3.8) is 0 Å². The molecule has 2 aromatic heterocycles. The third kappa shape index (κ3) is 1.73. The van der Waals surface area contributed by atoms with Gasteiger partial charge < -0.3 is 10.3 Å². The fourth-order valence-corrected chi connectivity index (χ4v) is 1.85. The zero-order valence-electron chi connectivity index (χ0n) is 9.58. The van der Waals surface area contributed by atoms with Gasteiger partial charge in [-0.1, -0.05) is 41.6 Å². The van der Waals surface area contributed by atoms with Crippen LogP contribution in [0, 0.1) is 0 Å². The summed E-state index contributed by atoms with van der Waals surface area (Å²) in [5.74, 6) is 0.999. The van der Waals surface area contributed by atoms with Crippen molar-refractivity contribution in [3.8, 4) is 22.6 Å². The third-order valence-electron chi connectivity index (χ3n) is 2.68. The highest BCUT2D eigenvalue weighted by Gasteiger charge is 2.17. The molecule has 4 nitrogen and oxygen atoms in total. The molecule has 0 bridgehead atoms. The number of anilines is 1. The van der Waals surface area contributed by atoms with E-state index >= 15 is 0 Å². The van der Waals surface area contributed by atoms with Crippen LogP contribution in [0.3, 0.4) is 0 Å². The van der Waals surface area contributed by atoms with E-state index in [1.165, 1.54) is 0 Å². The van der Waals surface area contributed by atoms with Gasteiger partial charge >= 0.3 is 0 Å². The fourth-order valence-electron chi connectivity index (χ4n) is 1.85. The van der Waals surface area contributed by atoms with Crippen LogP contribution in [0.25, 0.3) is 22.6 Å². The number of nitrogen functional groups attached to an aromatic ring is 1. The molecule has 18 heavy (non-hydrogen) atoms. The number of nitrogens with two attached hydrogens (primary N) is 1. The lowest BCUT2D eigenvalue weighted by molar-refractivity contribution is 0.436. The van der Waals surface area contributed by atoms with Crippen molar-refractivity contribution >= 4 is 5.82 Å². The molecular weight excluding hydrogens is 226 g/mol. The molecule has 1 aromatic carbocycles. The van der Waals surface area contributed by atoms with Gasteiger partial charge in [0.1, 0.15) is 0 Å². The van der Waals surface area contributed by atoms with Gasteiger partial charge in [0.05, 0.1) is 11.3 Å². The summed E-state index contributed by atoms with van der Waals surface area (Å²) in [6.07, 6.45) is 1.72. The Morgan fingerprint density at radius 3 is 2.44 bits per heavy atom. The van der Waals surface area contributed by atoms with Crippen molar-refractivity contribution in [3.05, 3.63) is 54.7 Å². The quantitative estimate of drug-likeness (QED) is 0.744. The largest absolute Gasteiger partial charge is 0.380 e. The summed E-state index contributed by atoms with van der Waals surface area (Å²) in [6, 6.07) is 15.4. The molecule has 4 heteroatoms. The third-order valence-corrected chi connectivity index (χ3v) is 2.68. The number of hydrogen-bond donors (Lipinski definition) is 1. The molecule has 0 spiro atoms. The molecule has 0 atom stereocenters. The topological polar surface area (TPSA) is 64.9 Å². The predicted octanol–water partition coefficient (Wildman–Crippen LogP) is 2.99. The lowest BCUT2D eigenvalue weighted by Gasteiger charge is -2.01. The predicted molar refractivity (Wildman–Crippen MR) is 69.6 cm³/mol. The molecule has 0 saturated carbocycles. The van der Waals surface area contributed by atoms with E-state index in [0.717, 1.165) is 16.8 Å². The van der Waals surface area contributed by atoms with Crippen LogP contribution in [0.15, 0.2) is 59.3 Å². The van der Waals surface area contributed by atoms with Crippen LogP contribution in [0.1, 0.15) is 0 Å². The summed E-state index contributed by atoms with van der Waals surface area (Å²) in [5.41, 5.74) is 8.30. The number of hydrogen-bond acceptors (Lipinski definition) is 4. The monoisotopic (exact) mass is 237 g/mol. The fraction of sp³-hybridized carbons (Fsp3) is 0. The Morgan fingerprint density at radius 1 is 0.944 bits per heavy atom. The van der Waals surface area contributed by atoms with E-state index < -0.39 is 0 Å². The molecule has 2 heterocycles. The van der Waals surface area contributed by atoms with Crippen molar-refractivity contribution in [2.24, 2.45) is 0 Å². The van der Waals surface area contributed by atoms with E-state index in [-0.39, 0.29) is 0 Å². The Kier molecular flexibility index (Phi) is 2.53. The maximum atomic E-state index is 5.87. The number of nitrogens with zero attached hydrogens (tertiary/aromatic N) is 2. The summed E-state index contributed by atoms with van der Waals surface area (Å²) in [7, 11) is 0. The number of aromatic nitrogens is 2. The second kappa shape index (κ2) is 4.33. The van der Waals surface area contributed by atoms with Gasteiger partial charge in [0.15, 0.2) is 11.6 Å². The standard InChI is InChI=1S/C14H11N3O/c15-14-12(11-8-4-5-9-16-11)13(18-17-14)10-6-2-1-3-7-10/h1-9H,(H2,15,17). The summed E-state index contributed by atoms with van der Waals surface area (Å²) >= 11 is 0. The van der Waals surface area contributed by atoms with Crippen LogP contribution >= 0.6 is 0 Å². The van der Waals surface area contributed by atoms with E-state index in [1.807, 2.05) is 48.5 Å². The first kappa shape index (κ1) is 10.5. The molecule has 0 unspecified atom stereocenters. The van der Waals surface area contributed by atoms with Crippen LogP contribution in [0.4, 0.5) is 5.82 Å². The number of benzene rings is 1. The molecule has 0 radical (unpaired) electrons. The van der Waals surface area contributed by atoms with E-state index in [4.69, 9.17) is 10.3 Å². The van der Waals surface area contributed by atoms with Gasteiger partial charge in [-0.25, -0.2) is 0 Å². The van der Waals surface area contributed by atoms with Crippen LogP contribution in [-0.2, 0) is 0 Å². The molecular formula is C14H11N3O. The first-order valence-electron chi connectivity index (χ1n) is 5.58. The Labute approximate surface area is 104 Å². The minimum absolute atomic E-state index is 0.354. The van der Waals surface area contributed by atoms with Crippen LogP contribution in [-0.4, -0.2) is 10.1 Å². The average molecular weight is 237 g/mol. The highest BCUT2D eigenvalue weighted by atomic mass is 16.5. The van der Waals surface area contributed by atoms with E-state index in [9.17, 15) is 0 Å². The second-order valence-corrected chi connectivity index (χ2v) is 3.85. The van der Waals surface area contributed by atoms with Crippen molar-refractivity contribution in [1.29, 1.82) is 0 Å². The van der Waals surface area contributed by atoms with Gasteiger partial charge in [-0.05, 0) is 12.1 Å². The SMILES string of the molecule is Nc1noc(-c2ccccc2)c1-c1ccccn1. The second-order valence-electron chi connectivity index (χ2n) is 3.85. The summed E-state index contributed by atoms with van der Waals surface area (Å²) in [6.45, 7) is 0. The van der Waals surface area contributed by atoms with E-state index in [0.29, 0.717) is 11.6 Å². The summed E-state index contributed by atoms with van der Waals surface area (Å²) in [4.78, 5) is 4.29. The van der Waals surface area contributed by atoms with Crippen LogP contribution in [0.5, 0.6) is 0 Å². The maximum absolute atomic E-state index is 5.87. The van der Waals surface area contributed by atoms with Gasteiger partial charge in [0, 0.05) is 11.8 Å². The highest BCUT2D eigenvalue weighted by Crippen LogP contribution is 2.34. The Bertz CT molecular complexity index is 647. The highest BCUT2D eigenvalue weighted by molar-refractivity contribution is 5.84. The lowest BCUT2D eigenvalue weighted by atomic mass is 10.1. The van der Waals surface area contributed by atoms with Crippen molar-refractivity contribution in [2.45, 2.75) is 0 Å². The molecule has 0 aliphatic carbocycles. The molecule has 88 valence electrons. The smallest absolute Gasteiger partial charge is 0.178 e. The molecule has 0 amide bonds. The Hall–Kier alpha value is -2.62. The minimum Gasteiger partial charge on any atom is -0.380 e. The normalized spacial score (nSPS) is 10.4. The van der Waals surface area contributed by atoms with E-state index in [2.05, 4.69) is 10.1 Å². The molecule has 0 aliphatic rings. The molecule has 0 saturated heterocycles. The van der Waals surface area contributed by atoms with Crippen molar-refractivity contribution < 1.29 is 4.52 Å². The lowest BCUT2D eigenvalue weighted by Crippen LogP contribution is -1.90. The number of rotatable bonds is 2. The summed E-state index contributed by atoms with van der Waals surface area (Å²) < 4.78 is 5.32. The van der Waals surface area contributed by atoms with Gasteiger partial charge in [0.2, 0.25) is 0 Å². The van der Waals surface area contributed by atoms with Gasteiger partial charge in [-0.3, -0.25) is 4.98 Å². The average Bonchev–Trinajstić information content (AvgIpc) is 2.83. The molecule has 0 aliphatic heterocycles. The van der Waals surface area contributed by atoms with Gasteiger partial charge in [-0.15, -0.1) is 0 Å². The minimum atomic E-state index is 0.354. The number of pyridine rings is 1. The first-order valence-corrected chi connectivity index (χ1v) is 5.58. The molecule has 2 N–H and O–H groups in total. The zero-order valence-corrected chi connectivity index (χ0v) is 9.58. The first-order chi connectivity index (χ1) is 8.86. The maximum Gasteiger partial charge on any atom is 0.178 e. The van der Waals surface area contributed by atoms with Gasteiger partial charge in [0.25, 0.3) is 0 Å².